The standard InChI is InChI=1S/C14H17N3O/c1-17(9-13-4-2-3-6-15-13)10-14-8-12(11-18)5-7-16-14/h2-8,18H,9-11H2,1H3. The van der Waals surface area contributed by atoms with Gasteiger partial charge in [0.25, 0.3) is 0 Å². The van der Waals surface area contributed by atoms with Crippen LogP contribution in [0.25, 0.3) is 0 Å². The molecule has 0 aliphatic carbocycles. The first kappa shape index (κ1) is 12.7. The zero-order valence-electron chi connectivity index (χ0n) is 10.5. The van der Waals surface area contributed by atoms with Gasteiger partial charge in [0.15, 0.2) is 0 Å². The predicted octanol–water partition coefficient (Wildman–Crippen LogP) is 1.60. The molecule has 0 saturated heterocycles. The van der Waals surface area contributed by atoms with Crippen molar-refractivity contribution in [2.24, 2.45) is 0 Å². The summed E-state index contributed by atoms with van der Waals surface area (Å²) in [5.41, 5.74) is 2.89. The molecule has 0 atom stereocenters. The molecule has 0 bridgehead atoms. The van der Waals surface area contributed by atoms with Crippen molar-refractivity contribution < 1.29 is 5.11 Å². The first-order valence-electron chi connectivity index (χ1n) is 5.91. The van der Waals surface area contributed by atoms with E-state index in [1.54, 1.807) is 12.4 Å². The third-order valence-electron chi connectivity index (χ3n) is 2.65. The van der Waals surface area contributed by atoms with Gasteiger partial charge in [0.05, 0.1) is 18.0 Å². The minimum atomic E-state index is 0.0550. The van der Waals surface area contributed by atoms with Gasteiger partial charge < -0.3 is 5.11 Å². The second-order valence-electron chi connectivity index (χ2n) is 4.31. The fourth-order valence-corrected chi connectivity index (χ4v) is 1.81. The molecular formula is C14H17N3O. The molecule has 0 aromatic carbocycles. The minimum absolute atomic E-state index is 0.0550. The third-order valence-corrected chi connectivity index (χ3v) is 2.65. The number of nitrogens with zero attached hydrogens (tertiary/aromatic N) is 3. The lowest BCUT2D eigenvalue weighted by molar-refractivity contribution is 0.280. The number of rotatable bonds is 5. The van der Waals surface area contributed by atoms with E-state index < -0.39 is 0 Å². The number of aliphatic hydroxyl groups excluding tert-OH is 1. The SMILES string of the molecule is CN(Cc1ccccn1)Cc1cc(CO)ccn1. The molecule has 1 N–H and O–H groups in total. The van der Waals surface area contributed by atoms with Crippen molar-refractivity contribution in [1.82, 2.24) is 14.9 Å². The van der Waals surface area contributed by atoms with Crippen LogP contribution in [-0.4, -0.2) is 27.0 Å². The molecule has 2 rings (SSSR count). The molecule has 4 heteroatoms. The second kappa shape index (κ2) is 6.23. The number of hydrogen-bond acceptors (Lipinski definition) is 4. The van der Waals surface area contributed by atoms with E-state index in [4.69, 9.17) is 5.11 Å². The van der Waals surface area contributed by atoms with Crippen molar-refractivity contribution in [3.05, 3.63) is 59.7 Å². The summed E-state index contributed by atoms with van der Waals surface area (Å²) in [4.78, 5) is 10.7. The Bertz CT molecular complexity index is 487. The van der Waals surface area contributed by atoms with Crippen LogP contribution in [0.5, 0.6) is 0 Å². The summed E-state index contributed by atoms with van der Waals surface area (Å²) in [7, 11) is 2.03. The quantitative estimate of drug-likeness (QED) is 0.866. The third kappa shape index (κ3) is 3.61. The first-order valence-corrected chi connectivity index (χ1v) is 5.91. The molecule has 18 heavy (non-hydrogen) atoms. The predicted molar refractivity (Wildman–Crippen MR) is 69.6 cm³/mol. The molecule has 0 fully saturated rings. The maximum atomic E-state index is 9.08. The molecular weight excluding hydrogens is 226 g/mol. The van der Waals surface area contributed by atoms with Crippen molar-refractivity contribution in [3.63, 3.8) is 0 Å². The van der Waals surface area contributed by atoms with E-state index >= 15 is 0 Å². The van der Waals surface area contributed by atoms with Crippen LogP contribution < -0.4 is 0 Å². The topological polar surface area (TPSA) is 49.2 Å². The monoisotopic (exact) mass is 243 g/mol. The Balaban J connectivity index is 1.96. The maximum Gasteiger partial charge on any atom is 0.0683 e. The molecule has 2 heterocycles. The van der Waals surface area contributed by atoms with Crippen LogP contribution >= 0.6 is 0 Å². The summed E-state index contributed by atoms with van der Waals surface area (Å²) >= 11 is 0. The normalized spacial score (nSPS) is 10.8. The van der Waals surface area contributed by atoms with Gasteiger partial charge in [0.2, 0.25) is 0 Å². The van der Waals surface area contributed by atoms with E-state index in [0.717, 1.165) is 30.0 Å². The van der Waals surface area contributed by atoms with Gasteiger partial charge in [-0.05, 0) is 36.9 Å². The Morgan fingerprint density at radius 1 is 1.06 bits per heavy atom. The van der Waals surface area contributed by atoms with Gasteiger partial charge in [-0.2, -0.15) is 0 Å². The van der Waals surface area contributed by atoms with Crippen LogP contribution in [0.4, 0.5) is 0 Å². The highest BCUT2D eigenvalue weighted by Gasteiger charge is 2.04. The molecule has 2 aromatic heterocycles. The molecule has 0 spiro atoms. The average Bonchev–Trinajstić information content (AvgIpc) is 2.40. The number of hydrogen-bond donors (Lipinski definition) is 1. The molecule has 0 amide bonds. The smallest absolute Gasteiger partial charge is 0.0683 e. The molecule has 0 aliphatic heterocycles. The number of aromatic nitrogens is 2. The van der Waals surface area contributed by atoms with Crippen molar-refractivity contribution in [1.29, 1.82) is 0 Å². The van der Waals surface area contributed by atoms with Crippen LogP contribution in [0.15, 0.2) is 42.7 Å². The van der Waals surface area contributed by atoms with Gasteiger partial charge in [-0.3, -0.25) is 14.9 Å². The van der Waals surface area contributed by atoms with Gasteiger partial charge >= 0.3 is 0 Å². The highest BCUT2D eigenvalue weighted by molar-refractivity contribution is 5.15. The Morgan fingerprint density at radius 3 is 2.56 bits per heavy atom. The minimum Gasteiger partial charge on any atom is -0.392 e. The summed E-state index contributed by atoms with van der Waals surface area (Å²) in [6, 6.07) is 9.65. The van der Waals surface area contributed by atoms with Crippen LogP contribution in [0.3, 0.4) is 0 Å². The second-order valence-corrected chi connectivity index (χ2v) is 4.31. The van der Waals surface area contributed by atoms with E-state index in [2.05, 4.69) is 14.9 Å². The maximum absolute atomic E-state index is 9.08. The Kier molecular flexibility index (Phi) is 4.39. The van der Waals surface area contributed by atoms with Crippen LogP contribution in [0.2, 0.25) is 0 Å². The Morgan fingerprint density at radius 2 is 1.83 bits per heavy atom. The van der Waals surface area contributed by atoms with Crippen molar-refractivity contribution in [2.75, 3.05) is 7.05 Å². The Hall–Kier alpha value is -1.78. The van der Waals surface area contributed by atoms with Gasteiger partial charge in [-0.25, -0.2) is 0 Å². The first-order chi connectivity index (χ1) is 8.78. The molecule has 0 radical (unpaired) electrons. The number of pyridine rings is 2. The lowest BCUT2D eigenvalue weighted by Crippen LogP contribution is -2.18. The highest BCUT2D eigenvalue weighted by atomic mass is 16.3. The summed E-state index contributed by atoms with van der Waals surface area (Å²) in [6.45, 7) is 1.58. The molecule has 0 unspecified atom stereocenters. The summed E-state index contributed by atoms with van der Waals surface area (Å²) in [5.74, 6) is 0. The lowest BCUT2D eigenvalue weighted by atomic mass is 10.2. The number of aliphatic hydroxyl groups is 1. The fraction of sp³-hybridized carbons (Fsp3) is 0.286. The van der Waals surface area contributed by atoms with E-state index in [9.17, 15) is 0 Å². The lowest BCUT2D eigenvalue weighted by Gasteiger charge is -2.15. The van der Waals surface area contributed by atoms with Crippen LogP contribution in [0, 0.1) is 0 Å². The molecule has 0 saturated carbocycles. The largest absolute Gasteiger partial charge is 0.392 e. The Labute approximate surface area is 107 Å². The zero-order chi connectivity index (χ0) is 12.8. The zero-order valence-corrected chi connectivity index (χ0v) is 10.5. The van der Waals surface area contributed by atoms with Crippen molar-refractivity contribution in [2.45, 2.75) is 19.7 Å². The molecule has 2 aromatic rings. The highest BCUT2D eigenvalue weighted by Crippen LogP contribution is 2.06. The van der Waals surface area contributed by atoms with Gasteiger partial charge in [-0.1, -0.05) is 6.07 Å². The van der Waals surface area contributed by atoms with Crippen molar-refractivity contribution >= 4 is 0 Å². The summed E-state index contributed by atoms with van der Waals surface area (Å²) in [5, 5.41) is 9.08. The van der Waals surface area contributed by atoms with Crippen molar-refractivity contribution in [3.8, 4) is 0 Å². The average molecular weight is 243 g/mol. The van der Waals surface area contributed by atoms with E-state index in [1.165, 1.54) is 0 Å². The molecule has 4 nitrogen and oxygen atoms in total. The van der Waals surface area contributed by atoms with Gasteiger partial charge in [0, 0.05) is 25.5 Å². The van der Waals surface area contributed by atoms with E-state index in [-0.39, 0.29) is 6.61 Å². The van der Waals surface area contributed by atoms with E-state index in [0.29, 0.717) is 0 Å². The van der Waals surface area contributed by atoms with Crippen LogP contribution in [0.1, 0.15) is 17.0 Å². The van der Waals surface area contributed by atoms with E-state index in [1.807, 2.05) is 37.4 Å². The van der Waals surface area contributed by atoms with Gasteiger partial charge in [0.1, 0.15) is 0 Å². The molecule has 0 aliphatic rings. The van der Waals surface area contributed by atoms with Gasteiger partial charge in [-0.15, -0.1) is 0 Å². The van der Waals surface area contributed by atoms with Crippen LogP contribution in [-0.2, 0) is 19.7 Å². The molecule has 94 valence electrons. The fourth-order valence-electron chi connectivity index (χ4n) is 1.81. The summed E-state index contributed by atoms with van der Waals surface area (Å²) in [6.07, 6.45) is 3.53. The summed E-state index contributed by atoms with van der Waals surface area (Å²) < 4.78 is 0.